The summed E-state index contributed by atoms with van der Waals surface area (Å²) in [5.74, 6) is 0.230. The molecule has 2 N–H and O–H groups in total. The van der Waals surface area contributed by atoms with E-state index in [1.54, 1.807) is 24.1 Å². The first-order chi connectivity index (χ1) is 14.7. The number of aliphatic hydroxyl groups is 1. The van der Waals surface area contributed by atoms with Crippen molar-refractivity contribution in [2.75, 3.05) is 38.8 Å². The molecule has 1 aliphatic rings. The summed E-state index contributed by atoms with van der Waals surface area (Å²) >= 11 is 0. The Morgan fingerprint density at radius 1 is 1.37 bits per heavy atom. The Bertz CT molecular complexity index is 970. The zero-order valence-corrected chi connectivity index (χ0v) is 17.5. The summed E-state index contributed by atoms with van der Waals surface area (Å²) in [4.78, 5) is 26.3. The summed E-state index contributed by atoms with van der Waals surface area (Å²) in [5.41, 5.74) is 2.69. The Hall–Kier alpha value is -2.62. The molecule has 3 rings (SSSR count). The van der Waals surface area contributed by atoms with Gasteiger partial charge in [-0.3, -0.25) is 14.4 Å². The Labute approximate surface area is 175 Å². The molecule has 0 bridgehead atoms. The van der Waals surface area contributed by atoms with Crippen molar-refractivity contribution in [2.24, 2.45) is 4.99 Å². The van der Waals surface area contributed by atoms with Crippen molar-refractivity contribution < 1.29 is 14.6 Å². The molecule has 3 heterocycles. The van der Waals surface area contributed by atoms with Crippen molar-refractivity contribution in [1.82, 2.24) is 14.5 Å². The molecular formula is C21H29N5O4. The van der Waals surface area contributed by atoms with E-state index in [9.17, 15) is 4.79 Å². The fourth-order valence-electron chi connectivity index (χ4n) is 3.16. The summed E-state index contributed by atoms with van der Waals surface area (Å²) in [6.07, 6.45) is 7.53. The monoisotopic (exact) mass is 415 g/mol. The highest BCUT2D eigenvalue weighted by molar-refractivity contribution is 6.10. The van der Waals surface area contributed by atoms with Gasteiger partial charge in [-0.2, -0.15) is 0 Å². The number of rotatable bonds is 11. The molecule has 30 heavy (non-hydrogen) atoms. The average Bonchev–Trinajstić information content (AvgIpc) is 2.78. The zero-order valence-electron chi connectivity index (χ0n) is 17.5. The third-order valence-corrected chi connectivity index (χ3v) is 4.76. The maximum Gasteiger partial charge on any atom is 0.293 e. The van der Waals surface area contributed by atoms with E-state index in [4.69, 9.17) is 14.6 Å². The highest BCUT2D eigenvalue weighted by Gasteiger charge is 2.15. The van der Waals surface area contributed by atoms with Crippen LogP contribution in [0.1, 0.15) is 31.7 Å². The number of allylic oxidation sites excluding steroid dienone is 1. The summed E-state index contributed by atoms with van der Waals surface area (Å²) in [5, 5.41) is 12.0. The molecule has 0 spiro atoms. The quantitative estimate of drug-likeness (QED) is 0.539. The predicted octanol–water partition coefficient (Wildman–Crippen LogP) is 1.84. The number of ether oxygens (including phenoxy) is 2. The first-order valence-electron chi connectivity index (χ1n) is 10.3. The minimum atomic E-state index is -0.231. The van der Waals surface area contributed by atoms with E-state index in [2.05, 4.69) is 26.4 Å². The van der Waals surface area contributed by atoms with E-state index >= 15 is 0 Å². The second-order valence-electron chi connectivity index (χ2n) is 6.96. The van der Waals surface area contributed by atoms with Gasteiger partial charge in [0, 0.05) is 57.8 Å². The van der Waals surface area contributed by atoms with Gasteiger partial charge in [-0.05, 0) is 24.5 Å². The van der Waals surface area contributed by atoms with Crippen molar-refractivity contribution >= 4 is 28.8 Å². The van der Waals surface area contributed by atoms with Crippen LogP contribution < -0.4 is 10.9 Å². The van der Waals surface area contributed by atoms with Crippen molar-refractivity contribution in [3.05, 3.63) is 34.3 Å². The second kappa shape index (κ2) is 11.0. The third kappa shape index (κ3) is 5.29. The van der Waals surface area contributed by atoms with Crippen molar-refractivity contribution in [1.29, 1.82) is 0 Å². The zero-order chi connectivity index (χ0) is 21.3. The largest absolute Gasteiger partial charge is 0.396 e. The van der Waals surface area contributed by atoms with Crippen LogP contribution in [0.4, 0.5) is 5.82 Å². The lowest BCUT2D eigenvalue weighted by Crippen LogP contribution is -2.28. The molecule has 2 aromatic heterocycles. The number of aromatic nitrogens is 3. The normalized spacial score (nSPS) is 16.1. The van der Waals surface area contributed by atoms with E-state index in [0.717, 1.165) is 17.6 Å². The number of hydrogen-bond acceptors (Lipinski definition) is 8. The van der Waals surface area contributed by atoms with E-state index < -0.39 is 0 Å². The number of nitrogens with one attached hydrogen (secondary N) is 1. The molecule has 0 saturated heterocycles. The smallest absolute Gasteiger partial charge is 0.293 e. The number of anilines is 1. The fourth-order valence-corrected chi connectivity index (χ4v) is 3.16. The lowest BCUT2D eigenvalue weighted by Gasteiger charge is -2.16. The first kappa shape index (κ1) is 22.1. The number of fused-ring (bicyclic) bond motifs is 1. The Morgan fingerprint density at radius 3 is 2.93 bits per heavy atom. The highest BCUT2D eigenvalue weighted by Crippen LogP contribution is 2.21. The van der Waals surface area contributed by atoms with Crippen LogP contribution in [0.15, 0.2) is 28.1 Å². The molecule has 0 saturated carbocycles. The van der Waals surface area contributed by atoms with Gasteiger partial charge in [-0.1, -0.05) is 13.0 Å². The maximum absolute atomic E-state index is 13.0. The molecule has 0 aromatic carbocycles. The van der Waals surface area contributed by atoms with Crippen LogP contribution in [-0.2, 0) is 16.0 Å². The van der Waals surface area contributed by atoms with E-state index in [-0.39, 0.29) is 24.2 Å². The minimum absolute atomic E-state index is 0.0435. The van der Waals surface area contributed by atoms with Gasteiger partial charge in [0.05, 0.1) is 12.1 Å². The molecule has 1 atom stereocenters. The van der Waals surface area contributed by atoms with E-state index in [1.165, 1.54) is 0 Å². The van der Waals surface area contributed by atoms with E-state index in [1.807, 2.05) is 13.0 Å². The Morgan fingerprint density at radius 2 is 2.23 bits per heavy atom. The predicted molar refractivity (Wildman–Crippen MR) is 117 cm³/mol. The van der Waals surface area contributed by atoms with Crippen LogP contribution in [0.5, 0.6) is 0 Å². The average molecular weight is 415 g/mol. The summed E-state index contributed by atoms with van der Waals surface area (Å²) in [7, 11) is 1.63. The van der Waals surface area contributed by atoms with Crippen LogP contribution in [0.2, 0.25) is 0 Å². The van der Waals surface area contributed by atoms with Gasteiger partial charge >= 0.3 is 0 Å². The number of hydrogen-bond donors (Lipinski definition) is 2. The molecule has 0 fully saturated rings. The maximum atomic E-state index is 13.0. The van der Waals surface area contributed by atoms with Crippen LogP contribution in [-0.4, -0.2) is 65.6 Å². The SMILES string of the molecule is CCCOCCn1c(=O)c(NCCCO)nc2ncc(C3=CCC(OC)N=C3)cc21. The first-order valence-corrected chi connectivity index (χ1v) is 10.3. The number of nitrogens with zero attached hydrogens (tertiary/aromatic N) is 4. The van der Waals surface area contributed by atoms with Gasteiger partial charge in [-0.25, -0.2) is 9.97 Å². The fraction of sp³-hybridized carbons (Fsp3) is 0.524. The molecule has 9 nitrogen and oxygen atoms in total. The van der Waals surface area contributed by atoms with Gasteiger partial charge in [0.15, 0.2) is 17.7 Å². The molecule has 0 amide bonds. The van der Waals surface area contributed by atoms with E-state index in [0.29, 0.717) is 50.3 Å². The van der Waals surface area contributed by atoms with Gasteiger partial charge in [0.1, 0.15) is 0 Å². The summed E-state index contributed by atoms with van der Waals surface area (Å²) in [6, 6.07) is 1.92. The van der Waals surface area contributed by atoms with Crippen LogP contribution in [0, 0.1) is 0 Å². The number of aliphatic imine (C=N–C) groups is 1. The molecule has 9 heteroatoms. The standard InChI is InChI=1S/C21H29N5O4/c1-3-10-30-11-8-26-17-12-16(15-5-6-18(29-2)23-13-15)14-24-19(17)25-20(21(26)28)22-7-4-9-27/h5,12-14,18,27H,3-4,6-11H2,1-2H3,(H,22,24,25). The Kier molecular flexibility index (Phi) is 8.06. The van der Waals surface area contributed by atoms with Crippen molar-refractivity contribution in [3.8, 4) is 0 Å². The number of pyridine rings is 1. The molecule has 1 aliphatic heterocycles. The number of methoxy groups -OCH3 is 1. The van der Waals surface area contributed by atoms with Gasteiger partial charge in [0.25, 0.3) is 5.56 Å². The molecule has 162 valence electrons. The minimum Gasteiger partial charge on any atom is -0.396 e. The molecular weight excluding hydrogens is 386 g/mol. The number of dihydropyridines is 1. The lowest BCUT2D eigenvalue weighted by molar-refractivity contribution is 0.113. The van der Waals surface area contributed by atoms with Crippen LogP contribution in [0.3, 0.4) is 0 Å². The molecule has 1 unspecified atom stereocenters. The van der Waals surface area contributed by atoms with Crippen molar-refractivity contribution in [2.45, 2.75) is 39.0 Å². The van der Waals surface area contributed by atoms with Gasteiger partial charge in [0.2, 0.25) is 0 Å². The van der Waals surface area contributed by atoms with Crippen molar-refractivity contribution in [3.63, 3.8) is 0 Å². The second-order valence-corrected chi connectivity index (χ2v) is 6.96. The lowest BCUT2D eigenvalue weighted by atomic mass is 10.1. The topological polar surface area (TPSA) is 111 Å². The molecule has 0 radical (unpaired) electrons. The third-order valence-electron chi connectivity index (χ3n) is 4.76. The summed E-state index contributed by atoms with van der Waals surface area (Å²) in [6.45, 7) is 4.01. The van der Waals surface area contributed by atoms with Crippen LogP contribution in [0.25, 0.3) is 16.7 Å². The highest BCUT2D eigenvalue weighted by atomic mass is 16.5. The van der Waals surface area contributed by atoms with Crippen LogP contribution >= 0.6 is 0 Å². The summed E-state index contributed by atoms with van der Waals surface area (Å²) < 4.78 is 12.5. The molecule has 0 aliphatic carbocycles. The number of aliphatic hydroxyl groups excluding tert-OH is 1. The molecule has 2 aromatic rings. The Balaban J connectivity index is 1.97. The van der Waals surface area contributed by atoms with Gasteiger partial charge in [-0.15, -0.1) is 0 Å². The van der Waals surface area contributed by atoms with Gasteiger partial charge < -0.3 is 19.9 Å².